The van der Waals surface area contributed by atoms with E-state index in [0.717, 1.165) is 37.5 Å². The Morgan fingerprint density at radius 2 is 1.89 bits per heavy atom. The Bertz CT molecular complexity index is 847. The Morgan fingerprint density at radius 1 is 1.15 bits per heavy atom. The molecule has 1 amide bonds. The molecule has 1 aromatic carbocycles. The van der Waals surface area contributed by atoms with Gasteiger partial charge in [-0.2, -0.15) is 13.2 Å². The quantitative estimate of drug-likeness (QED) is 0.862. The average Bonchev–Trinajstić information content (AvgIpc) is 3.20. The summed E-state index contributed by atoms with van der Waals surface area (Å²) in [6.45, 7) is 0. The van der Waals surface area contributed by atoms with Gasteiger partial charge in [0.15, 0.2) is 5.78 Å². The van der Waals surface area contributed by atoms with Crippen molar-refractivity contribution in [2.75, 3.05) is 0 Å². The summed E-state index contributed by atoms with van der Waals surface area (Å²) in [4.78, 5) is 24.0. The zero-order valence-corrected chi connectivity index (χ0v) is 14.4. The van der Waals surface area contributed by atoms with Crippen LogP contribution in [0, 0.1) is 11.8 Å². The lowest BCUT2D eigenvalue weighted by atomic mass is 10.1. The molecule has 142 valence electrons. The molecule has 4 rings (SSSR count). The van der Waals surface area contributed by atoms with Crippen LogP contribution in [0.15, 0.2) is 42.1 Å². The smallest absolute Gasteiger partial charge is 0.416 e. The van der Waals surface area contributed by atoms with Gasteiger partial charge in [0.05, 0.1) is 17.2 Å². The number of alkyl halides is 3. The number of ketones is 1. The van der Waals surface area contributed by atoms with E-state index >= 15 is 0 Å². The van der Waals surface area contributed by atoms with E-state index in [-0.39, 0.29) is 29.6 Å². The molecule has 0 saturated heterocycles. The largest absolute Gasteiger partial charge is 0.490 e. The minimum atomic E-state index is -4.52. The van der Waals surface area contributed by atoms with E-state index in [9.17, 15) is 22.8 Å². The summed E-state index contributed by atoms with van der Waals surface area (Å²) in [6.07, 6.45) is 2.86. The van der Waals surface area contributed by atoms with E-state index in [1.165, 1.54) is 6.08 Å². The number of benzene rings is 1. The number of carbonyl (C=O) groups is 2. The molecule has 2 fully saturated rings. The van der Waals surface area contributed by atoms with Crippen LogP contribution >= 0.6 is 0 Å². The van der Waals surface area contributed by atoms with Crippen LogP contribution in [0.25, 0.3) is 0 Å². The van der Waals surface area contributed by atoms with E-state index in [1.807, 2.05) is 0 Å². The van der Waals surface area contributed by atoms with Gasteiger partial charge in [0.2, 0.25) is 0 Å². The van der Waals surface area contributed by atoms with Crippen molar-refractivity contribution in [2.45, 2.75) is 38.0 Å². The molecule has 1 unspecified atom stereocenters. The molecule has 1 N–H and O–H groups in total. The predicted molar refractivity (Wildman–Crippen MR) is 91.0 cm³/mol. The van der Waals surface area contributed by atoms with Crippen LogP contribution < -0.4 is 10.1 Å². The summed E-state index contributed by atoms with van der Waals surface area (Å²) in [5.41, 5.74) is -0.524. The monoisotopic (exact) mass is 377 g/mol. The first-order valence-corrected chi connectivity index (χ1v) is 8.90. The number of hydrogen-bond donors (Lipinski definition) is 1. The molecule has 3 aliphatic rings. The molecule has 0 aromatic heterocycles. The van der Waals surface area contributed by atoms with Crippen LogP contribution in [0.5, 0.6) is 5.75 Å². The van der Waals surface area contributed by atoms with Gasteiger partial charge in [0.1, 0.15) is 5.75 Å². The molecule has 27 heavy (non-hydrogen) atoms. The van der Waals surface area contributed by atoms with Crippen LogP contribution in [-0.4, -0.2) is 17.8 Å². The molecule has 2 saturated carbocycles. The molecule has 3 atom stereocenters. The first kappa shape index (κ1) is 17.8. The molecule has 4 nitrogen and oxygen atoms in total. The van der Waals surface area contributed by atoms with Crippen LogP contribution in [0.2, 0.25) is 0 Å². The number of carbonyl (C=O) groups excluding carboxylic acids is 2. The topological polar surface area (TPSA) is 55.4 Å². The third-order valence-electron chi connectivity index (χ3n) is 5.24. The summed E-state index contributed by atoms with van der Waals surface area (Å²) in [5.74, 6) is 0.373. The fraction of sp³-hybridized carbons (Fsp3) is 0.400. The Hall–Kier alpha value is -2.57. The fourth-order valence-corrected chi connectivity index (χ4v) is 3.78. The summed E-state index contributed by atoms with van der Waals surface area (Å²) >= 11 is 0. The Labute approximate surface area is 154 Å². The van der Waals surface area contributed by atoms with Gasteiger partial charge in [0.25, 0.3) is 5.91 Å². The SMILES string of the molecule is O=C1C=C(NC(=O)c2ccc(C(F)(F)F)cc2OC2C[C@@H]3C[C@@H]3C2)C=CC1. The number of halogens is 3. The lowest BCUT2D eigenvalue weighted by Gasteiger charge is -2.19. The van der Waals surface area contributed by atoms with Crippen molar-refractivity contribution in [3.05, 3.63) is 53.3 Å². The number of amides is 1. The van der Waals surface area contributed by atoms with Crippen molar-refractivity contribution in [1.29, 1.82) is 0 Å². The van der Waals surface area contributed by atoms with Gasteiger partial charge >= 0.3 is 6.18 Å². The number of fused-ring (bicyclic) bond motifs is 1. The summed E-state index contributed by atoms with van der Waals surface area (Å²) in [7, 11) is 0. The molecule has 0 aliphatic heterocycles. The number of nitrogens with one attached hydrogen (secondary N) is 1. The van der Waals surface area contributed by atoms with E-state index < -0.39 is 17.6 Å². The van der Waals surface area contributed by atoms with E-state index in [1.54, 1.807) is 12.2 Å². The summed E-state index contributed by atoms with van der Waals surface area (Å²) in [6, 6.07) is 2.87. The van der Waals surface area contributed by atoms with E-state index in [4.69, 9.17) is 4.74 Å². The highest BCUT2D eigenvalue weighted by Gasteiger charge is 2.47. The summed E-state index contributed by atoms with van der Waals surface area (Å²) in [5, 5.41) is 2.56. The number of hydrogen-bond acceptors (Lipinski definition) is 3. The standard InChI is InChI=1S/C20H18F3NO3/c21-20(22,23)13-4-5-17(19(26)24-14-2-1-3-15(25)10-14)18(9-13)27-16-7-11-6-12(11)8-16/h1-2,4-5,9-12,16H,3,6-8H2,(H,24,26)/t11-,12+,16?. The zero-order chi connectivity index (χ0) is 19.2. The molecular weight excluding hydrogens is 359 g/mol. The lowest BCUT2D eigenvalue weighted by Crippen LogP contribution is -2.25. The van der Waals surface area contributed by atoms with Crippen molar-refractivity contribution in [2.24, 2.45) is 11.8 Å². The molecule has 0 bridgehead atoms. The minimum Gasteiger partial charge on any atom is -0.490 e. The van der Waals surface area contributed by atoms with Crippen LogP contribution in [-0.2, 0) is 11.0 Å². The second-order valence-electron chi connectivity index (χ2n) is 7.30. The highest BCUT2D eigenvalue weighted by Crippen LogP contribution is 2.52. The van der Waals surface area contributed by atoms with E-state index in [0.29, 0.717) is 17.5 Å². The first-order valence-electron chi connectivity index (χ1n) is 8.90. The summed E-state index contributed by atoms with van der Waals surface area (Å²) < 4.78 is 45.1. The maximum absolute atomic E-state index is 13.1. The van der Waals surface area contributed by atoms with Gasteiger partial charge in [0, 0.05) is 18.2 Å². The molecule has 0 heterocycles. The molecule has 7 heteroatoms. The zero-order valence-electron chi connectivity index (χ0n) is 14.4. The third-order valence-corrected chi connectivity index (χ3v) is 5.24. The molecule has 0 radical (unpaired) electrons. The van der Waals surface area contributed by atoms with Gasteiger partial charge in [-0.1, -0.05) is 6.08 Å². The van der Waals surface area contributed by atoms with Crippen molar-refractivity contribution in [3.63, 3.8) is 0 Å². The lowest BCUT2D eigenvalue weighted by molar-refractivity contribution is -0.137. The van der Waals surface area contributed by atoms with Gasteiger partial charge in [-0.25, -0.2) is 0 Å². The maximum Gasteiger partial charge on any atom is 0.416 e. The molecule has 0 spiro atoms. The van der Waals surface area contributed by atoms with Crippen molar-refractivity contribution in [1.82, 2.24) is 5.32 Å². The van der Waals surface area contributed by atoms with Crippen LogP contribution in [0.1, 0.15) is 41.6 Å². The third kappa shape index (κ3) is 3.91. The highest BCUT2D eigenvalue weighted by molar-refractivity contribution is 6.00. The molecule has 1 aromatic rings. The average molecular weight is 377 g/mol. The molecule has 3 aliphatic carbocycles. The van der Waals surface area contributed by atoms with Crippen LogP contribution in [0.4, 0.5) is 13.2 Å². The normalized spacial score (nSPS) is 26.4. The number of allylic oxidation sites excluding steroid dienone is 3. The minimum absolute atomic E-state index is 0.0240. The Kier molecular flexibility index (Phi) is 4.32. The van der Waals surface area contributed by atoms with Gasteiger partial charge < -0.3 is 10.1 Å². The second kappa shape index (κ2) is 6.55. The maximum atomic E-state index is 13.1. The Morgan fingerprint density at radius 3 is 2.56 bits per heavy atom. The second-order valence-corrected chi connectivity index (χ2v) is 7.30. The van der Waals surface area contributed by atoms with Gasteiger partial charge in [-0.3, -0.25) is 9.59 Å². The number of rotatable bonds is 4. The van der Waals surface area contributed by atoms with Crippen LogP contribution in [0.3, 0.4) is 0 Å². The predicted octanol–water partition coefficient (Wildman–Crippen LogP) is 4.03. The van der Waals surface area contributed by atoms with E-state index in [2.05, 4.69) is 5.32 Å². The van der Waals surface area contributed by atoms with Gasteiger partial charge in [-0.15, -0.1) is 0 Å². The van der Waals surface area contributed by atoms with Crippen molar-refractivity contribution in [3.8, 4) is 5.75 Å². The van der Waals surface area contributed by atoms with Gasteiger partial charge in [-0.05, 0) is 55.4 Å². The van der Waals surface area contributed by atoms with Crippen molar-refractivity contribution < 1.29 is 27.5 Å². The number of ether oxygens (including phenoxy) is 1. The fourth-order valence-electron chi connectivity index (χ4n) is 3.78. The van der Waals surface area contributed by atoms with Crippen molar-refractivity contribution >= 4 is 11.7 Å². The Balaban J connectivity index is 1.58. The highest BCUT2D eigenvalue weighted by atomic mass is 19.4. The molecular formula is C20H18F3NO3. The first-order chi connectivity index (χ1) is 12.8.